The van der Waals surface area contributed by atoms with Crippen LogP contribution in [0.15, 0.2) is 72.8 Å². The van der Waals surface area contributed by atoms with Gasteiger partial charge in [0.2, 0.25) is 5.13 Å². The van der Waals surface area contributed by atoms with Gasteiger partial charge in [-0.05, 0) is 49.4 Å². The Labute approximate surface area is 199 Å². The maximum atomic E-state index is 13.0. The number of benzene rings is 3. The molecule has 1 N–H and O–H groups in total. The number of fused-ring (bicyclic) bond motifs is 1. The molecule has 1 aliphatic rings. The second-order valence-electron chi connectivity index (χ2n) is 7.38. The molecule has 0 spiro atoms. The van der Waals surface area contributed by atoms with Gasteiger partial charge >= 0.3 is 0 Å². The van der Waals surface area contributed by atoms with Gasteiger partial charge in [-0.2, -0.15) is 9.36 Å². The summed E-state index contributed by atoms with van der Waals surface area (Å²) >= 11 is 1.06. The molecule has 8 nitrogen and oxygen atoms in total. The molecule has 168 valence electrons. The van der Waals surface area contributed by atoms with E-state index in [4.69, 9.17) is 4.74 Å². The highest BCUT2D eigenvalue weighted by atomic mass is 32.1. The van der Waals surface area contributed by atoms with Crippen LogP contribution < -0.4 is 15.0 Å². The first kappa shape index (κ1) is 21.5. The van der Waals surface area contributed by atoms with Gasteiger partial charge in [-0.3, -0.25) is 19.7 Å². The van der Waals surface area contributed by atoms with Crippen LogP contribution in [0, 0.1) is 0 Å². The normalized spacial score (nSPS) is 12.6. The molecule has 9 heteroatoms. The van der Waals surface area contributed by atoms with Crippen LogP contribution in [0.1, 0.15) is 38.0 Å². The van der Waals surface area contributed by atoms with Gasteiger partial charge in [0, 0.05) is 22.7 Å². The highest BCUT2D eigenvalue weighted by Gasteiger charge is 2.37. The number of hydrogen-bond acceptors (Lipinski definition) is 7. The molecular weight excluding hydrogens is 452 g/mol. The lowest BCUT2D eigenvalue weighted by atomic mass is 10.1. The molecular formula is C25H18N4O4S. The minimum Gasteiger partial charge on any atom is -0.494 e. The lowest BCUT2D eigenvalue weighted by Gasteiger charge is -2.14. The molecule has 0 saturated carbocycles. The predicted molar refractivity (Wildman–Crippen MR) is 128 cm³/mol. The second-order valence-corrected chi connectivity index (χ2v) is 8.13. The smallest absolute Gasteiger partial charge is 0.266 e. The van der Waals surface area contributed by atoms with Crippen molar-refractivity contribution in [1.29, 1.82) is 0 Å². The fourth-order valence-electron chi connectivity index (χ4n) is 3.62. The summed E-state index contributed by atoms with van der Waals surface area (Å²) in [7, 11) is 0. The third kappa shape index (κ3) is 3.93. The third-order valence-electron chi connectivity index (χ3n) is 5.23. The summed E-state index contributed by atoms with van der Waals surface area (Å²) in [4.78, 5) is 44.2. The average molecular weight is 471 g/mol. The first-order valence-corrected chi connectivity index (χ1v) is 11.3. The van der Waals surface area contributed by atoms with Crippen LogP contribution in [0.5, 0.6) is 5.75 Å². The summed E-state index contributed by atoms with van der Waals surface area (Å²) in [6, 6.07) is 20.6. The topological polar surface area (TPSA) is 101 Å². The number of hydrogen-bond donors (Lipinski definition) is 1. The Kier molecular flexibility index (Phi) is 5.60. The number of aromatic nitrogens is 2. The highest BCUT2D eigenvalue weighted by molar-refractivity contribution is 7.10. The van der Waals surface area contributed by atoms with E-state index in [9.17, 15) is 14.4 Å². The summed E-state index contributed by atoms with van der Waals surface area (Å²) in [6.07, 6.45) is 0. The lowest BCUT2D eigenvalue weighted by molar-refractivity contribution is 0.0925. The van der Waals surface area contributed by atoms with Crippen molar-refractivity contribution < 1.29 is 19.1 Å². The van der Waals surface area contributed by atoms with Gasteiger partial charge < -0.3 is 4.74 Å². The molecule has 1 aromatic heterocycles. The predicted octanol–water partition coefficient (Wildman–Crippen LogP) is 4.66. The van der Waals surface area contributed by atoms with Crippen molar-refractivity contribution in [3.8, 4) is 17.1 Å². The van der Waals surface area contributed by atoms with Crippen molar-refractivity contribution in [2.45, 2.75) is 6.92 Å². The Balaban J connectivity index is 1.35. The lowest BCUT2D eigenvalue weighted by Crippen LogP contribution is -2.29. The number of rotatable bonds is 6. The highest BCUT2D eigenvalue weighted by Crippen LogP contribution is 2.30. The van der Waals surface area contributed by atoms with Crippen LogP contribution in [-0.4, -0.2) is 33.7 Å². The molecule has 1 aliphatic heterocycles. The van der Waals surface area contributed by atoms with Gasteiger partial charge in [0.25, 0.3) is 17.7 Å². The standard InChI is InChI=1S/C25H18N4O4S/c1-2-33-18-11-9-17(10-12-18)29-23(31)19-13-8-16(14-20(19)24(29)32)22(30)27-25-26-21(28-34-25)15-6-4-3-5-7-15/h3-14H,2H2,1H3,(H,26,27,28,30). The van der Waals surface area contributed by atoms with Gasteiger partial charge in [0.1, 0.15) is 5.75 Å². The van der Waals surface area contributed by atoms with E-state index in [1.807, 2.05) is 37.3 Å². The van der Waals surface area contributed by atoms with Crippen molar-refractivity contribution >= 4 is 40.1 Å². The molecule has 34 heavy (non-hydrogen) atoms. The number of carbonyl (C=O) groups is 3. The molecule has 4 aromatic rings. The molecule has 0 bridgehead atoms. The van der Waals surface area contributed by atoms with E-state index in [-0.39, 0.29) is 16.7 Å². The monoisotopic (exact) mass is 470 g/mol. The molecule has 5 rings (SSSR count). The number of amides is 3. The van der Waals surface area contributed by atoms with Crippen LogP contribution in [-0.2, 0) is 0 Å². The Hall–Kier alpha value is -4.37. The van der Waals surface area contributed by atoms with Gasteiger partial charge in [-0.1, -0.05) is 30.3 Å². The first-order valence-electron chi connectivity index (χ1n) is 10.5. The van der Waals surface area contributed by atoms with Gasteiger partial charge in [-0.25, -0.2) is 4.90 Å². The molecule has 0 atom stereocenters. The van der Waals surface area contributed by atoms with Crippen LogP contribution in [0.2, 0.25) is 0 Å². The minimum atomic E-state index is -0.485. The van der Waals surface area contributed by atoms with E-state index in [0.717, 1.165) is 22.0 Å². The van der Waals surface area contributed by atoms with E-state index in [2.05, 4.69) is 14.7 Å². The number of ether oxygens (including phenoxy) is 1. The summed E-state index contributed by atoms with van der Waals surface area (Å²) in [5, 5.41) is 3.04. The summed E-state index contributed by atoms with van der Waals surface area (Å²) in [5.74, 6) is -0.206. The minimum absolute atomic E-state index is 0.175. The zero-order valence-corrected chi connectivity index (χ0v) is 18.8. The van der Waals surface area contributed by atoms with Crippen LogP contribution in [0.3, 0.4) is 0 Å². The first-order chi connectivity index (χ1) is 16.5. The molecule has 0 radical (unpaired) electrons. The maximum absolute atomic E-state index is 13.0. The summed E-state index contributed by atoms with van der Waals surface area (Å²) in [6.45, 7) is 2.39. The molecule has 0 saturated heterocycles. The SMILES string of the molecule is CCOc1ccc(N2C(=O)c3ccc(C(=O)Nc4nc(-c5ccccc5)ns4)cc3C2=O)cc1. The molecule has 0 fully saturated rings. The molecule has 3 amide bonds. The Morgan fingerprint density at radius 2 is 1.71 bits per heavy atom. The van der Waals surface area contributed by atoms with Crippen molar-refractivity contribution in [1.82, 2.24) is 9.36 Å². The zero-order valence-electron chi connectivity index (χ0n) is 18.0. The van der Waals surface area contributed by atoms with E-state index in [1.165, 1.54) is 18.2 Å². The number of imide groups is 1. The fraction of sp³-hybridized carbons (Fsp3) is 0.0800. The summed E-state index contributed by atoms with van der Waals surface area (Å²) < 4.78 is 9.69. The molecule has 2 heterocycles. The van der Waals surface area contributed by atoms with Crippen molar-refractivity contribution in [3.05, 3.63) is 89.5 Å². The Morgan fingerprint density at radius 1 is 0.971 bits per heavy atom. The zero-order chi connectivity index (χ0) is 23.7. The quantitative estimate of drug-likeness (QED) is 0.412. The van der Waals surface area contributed by atoms with Crippen molar-refractivity contribution in [3.63, 3.8) is 0 Å². The van der Waals surface area contributed by atoms with Gasteiger partial charge in [0.05, 0.1) is 23.4 Å². The van der Waals surface area contributed by atoms with Crippen LogP contribution in [0.25, 0.3) is 11.4 Å². The van der Waals surface area contributed by atoms with E-state index < -0.39 is 17.7 Å². The number of nitrogens with zero attached hydrogens (tertiary/aromatic N) is 3. The van der Waals surface area contributed by atoms with E-state index in [0.29, 0.717) is 29.0 Å². The largest absolute Gasteiger partial charge is 0.494 e. The Morgan fingerprint density at radius 3 is 2.44 bits per heavy atom. The van der Waals surface area contributed by atoms with Gasteiger partial charge in [0.15, 0.2) is 5.82 Å². The maximum Gasteiger partial charge on any atom is 0.266 e. The number of nitrogens with one attached hydrogen (secondary N) is 1. The Bertz CT molecular complexity index is 1400. The van der Waals surface area contributed by atoms with Crippen LogP contribution >= 0.6 is 11.5 Å². The molecule has 0 unspecified atom stereocenters. The molecule has 0 aliphatic carbocycles. The number of carbonyl (C=O) groups excluding carboxylic acids is 3. The van der Waals surface area contributed by atoms with Gasteiger partial charge in [-0.15, -0.1) is 0 Å². The fourth-order valence-corrected chi connectivity index (χ4v) is 4.21. The van der Waals surface area contributed by atoms with E-state index in [1.54, 1.807) is 24.3 Å². The number of anilines is 2. The van der Waals surface area contributed by atoms with E-state index >= 15 is 0 Å². The van der Waals surface area contributed by atoms with Crippen molar-refractivity contribution in [2.75, 3.05) is 16.8 Å². The second kappa shape index (κ2) is 8.87. The van der Waals surface area contributed by atoms with Crippen molar-refractivity contribution in [2.24, 2.45) is 0 Å². The van der Waals surface area contributed by atoms with Crippen LogP contribution in [0.4, 0.5) is 10.8 Å². The summed E-state index contributed by atoms with van der Waals surface area (Å²) in [5.41, 5.74) is 1.94. The average Bonchev–Trinajstić information content (AvgIpc) is 3.43. The molecule has 3 aromatic carbocycles. The third-order valence-corrected chi connectivity index (χ3v) is 5.86.